The first-order chi connectivity index (χ1) is 12.6. The van der Waals surface area contributed by atoms with Gasteiger partial charge in [-0.05, 0) is 50.5 Å². The number of benzene rings is 2. The van der Waals surface area contributed by atoms with Crippen LogP contribution in [0.25, 0.3) is 10.2 Å². The molecule has 1 N–H and O–H groups in total. The average molecular weight is 366 g/mol. The molecule has 2 aromatic carbocycles. The summed E-state index contributed by atoms with van der Waals surface area (Å²) in [6.45, 7) is 5.80. The molecule has 1 fully saturated rings. The first-order valence-corrected chi connectivity index (χ1v) is 9.90. The number of rotatable bonds is 3. The Hall–Kier alpha value is -2.40. The molecule has 0 saturated carbocycles. The summed E-state index contributed by atoms with van der Waals surface area (Å²) in [6, 6.07) is 14.3. The minimum Gasteiger partial charge on any atom is -0.347 e. The van der Waals surface area contributed by atoms with E-state index >= 15 is 0 Å². The molecule has 1 atom stereocenters. The van der Waals surface area contributed by atoms with Gasteiger partial charge in [0.1, 0.15) is 0 Å². The lowest BCUT2D eigenvalue weighted by molar-refractivity contribution is -0.120. The van der Waals surface area contributed by atoms with Crippen LogP contribution in [-0.4, -0.2) is 24.0 Å². The molecule has 0 spiro atoms. The van der Waals surface area contributed by atoms with Crippen molar-refractivity contribution in [2.24, 2.45) is 5.92 Å². The van der Waals surface area contributed by atoms with Crippen molar-refractivity contribution in [1.29, 1.82) is 0 Å². The van der Waals surface area contributed by atoms with Crippen LogP contribution in [0.2, 0.25) is 0 Å². The van der Waals surface area contributed by atoms with Gasteiger partial charge in [0.15, 0.2) is 5.13 Å². The summed E-state index contributed by atoms with van der Waals surface area (Å²) >= 11 is 1.71. The second kappa shape index (κ2) is 7.08. The third-order valence-corrected chi connectivity index (χ3v) is 6.08. The Kier molecular flexibility index (Phi) is 4.64. The fraction of sp³-hybridized carbons (Fsp3) is 0.333. The largest absolute Gasteiger partial charge is 0.347 e. The van der Waals surface area contributed by atoms with Gasteiger partial charge in [0.2, 0.25) is 5.91 Å². The highest BCUT2D eigenvalue weighted by Crippen LogP contribution is 2.31. The van der Waals surface area contributed by atoms with Crippen molar-refractivity contribution in [1.82, 2.24) is 4.98 Å². The predicted molar refractivity (Wildman–Crippen MR) is 109 cm³/mol. The third kappa shape index (κ3) is 3.44. The molecule has 1 aliphatic rings. The number of nitrogens with zero attached hydrogens (tertiary/aromatic N) is 2. The summed E-state index contributed by atoms with van der Waals surface area (Å²) in [5.41, 5.74) is 4.27. The number of anilines is 2. The van der Waals surface area contributed by atoms with Gasteiger partial charge in [-0.3, -0.25) is 4.79 Å². The van der Waals surface area contributed by atoms with Crippen LogP contribution in [0.1, 0.15) is 24.0 Å². The van der Waals surface area contributed by atoms with E-state index < -0.39 is 0 Å². The van der Waals surface area contributed by atoms with Gasteiger partial charge in [-0.2, -0.15) is 0 Å². The van der Waals surface area contributed by atoms with Crippen LogP contribution in [0.5, 0.6) is 0 Å². The quantitative estimate of drug-likeness (QED) is 0.727. The van der Waals surface area contributed by atoms with Crippen molar-refractivity contribution < 1.29 is 4.79 Å². The highest BCUT2D eigenvalue weighted by molar-refractivity contribution is 7.22. The molecule has 2 heterocycles. The Labute approximate surface area is 157 Å². The number of fused-ring (bicyclic) bond motifs is 1. The first-order valence-electron chi connectivity index (χ1n) is 9.09. The predicted octanol–water partition coefficient (Wildman–Crippen LogP) is 4.77. The van der Waals surface area contributed by atoms with Crippen LogP contribution in [0.3, 0.4) is 0 Å². The van der Waals surface area contributed by atoms with E-state index in [9.17, 15) is 4.79 Å². The van der Waals surface area contributed by atoms with Crippen molar-refractivity contribution in [3.8, 4) is 0 Å². The molecule has 4 rings (SSSR count). The highest BCUT2D eigenvalue weighted by atomic mass is 32.1. The lowest BCUT2D eigenvalue weighted by Crippen LogP contribution is -2.40. The molecule has 5 heteroatoms. The fourth-order valence-corrected chi connectivity index (χ4v) is 4.55. The van der Waals surface area contributed by atoms with E-state index in [-0.39, 0.29) is 11.8 Å². The second-order valence-electron chi connectivity index (χ2n) is 7.06. The zero-order valence-electron chi connectivity index (χ0n) is 15.2. The summed E-state index contributed by atoms with van der Waals surface area (Å²) in [4.78, 5) is 19.8. The number of aryl methyl sites for hydroxylation is 2. The maximum Gasteiger partial charge on any atom is 0.229 e. The number of amides is 1. The summed E-state index contributed by atoms with van der Waals surface area (Å²) in [5, 5.41) is 4.15. The molecular weight excluding hydrogens is 342 g/mol. The number of carbonyl (C=O) groups excluding carboxylic acids is 1. The Morgan fingerprint density at radius 3 is 2.88 bits per heavy atom. The fourth-order valence-electron chi connectivity index (χ4n) is 3.55. The van der Waals surface area contributed by atoms with Gasteiger partial charge >= 0.3 is 0 Å². The van der Waals surface area contributed by atoms with Crippen LogP contribution >= 0.6 is 11.3 Å². The Bertz CT molecular complexity index is 916. The summed E-state index contributed by atoms with van der Waals surface area (Å²) in [6.07, 6.45) is 1.94. The molecule has 3 aromatic rings. The minimum atomic E-state index is -0.00327. The number of carbonyl (C=O) groups is 1. The molecule has 1 amide bonds. The molecule has 1 saturated heterocycles. The normalized spacial score (nSPS) is 17.5. The third-order valence-electron chi connectivity index (χ3n) is 4.99. The number of aromatic nitrogens is 1. The van der Waals surface area contributed by atoms with Crippen LogP contribution in [0.15, 0.2) is 42.5 Å². The van der Waals surface area contributed by atoms with Gasteiger partial charge in [0.05, 0.1) is 16.1 Å². The lowest BCUT2D eigenvalue weighted by Gasteiger charge is -2.31. The standard InChI is InChI=1S/C21H23N3OS/c1-14-9-10-17(15(2)12-14)22-20(25)16-6-5-11-24(13-16)21-23-18-7-3-4-8-19(18)26-21/h3-4,7-10,12,16H,5-6,11,13H2,1-2H3,(H,22,25)/t16-/m1/s1. The summed E-state index contributed by atoms with van der Waals surface area (Å²) in [7, 11) is 0. The number of hydrogen-bond donors (Lipinski definition) is 1. The van der Waals surface area contributed by atoms with E-state index in [4.69, 9.17) is 4.98 Å². The SMILES string of the molecule is Cc1ccc(NC(=O)[C@@H]2CCCN(c3nc4ccccc4s3)C2)c(C)c1. The Morgan fingerprint density at radius 2 is 2.08 bits per heavy atom. The van der Waals surface area contributed by atoms with Gasteiger partial charge in [0, 0.05) is 18.8 Å². The average Bonchev–Trinajstić information content (AvgIpc) is 3.08. The van der Waals surface area contributed by atoms with Crippen LogP contribution in [-0.2, 0) is 4.79 Å². The maximum atomic E-state index is 12.8. The molecule has 0 unspecified atom stereocenters. The molecule has 1 aliphatic heterocycles. The van der Waals surface area contributed by atoms with E-state index in [0.29, 0.717) is 0 Å². The van der Waals surface area contributed by atoms with Crippen LogP contribution < -0.4 is 10.2 Å². The van der Waals surface area contributed by atoms with Gasteiger partial charge in [0.25, 0.3) is 0 Å². The smallest absolute Gasteiger partial charge is 0.229 e. The Morgan fingerprint density at radius 1 is 1.23 bits per heavy atom. The second-order valence-corrected chi connectivity index (χ2v) is 8.07. The molecule has 0 aliphatic carbocycles. The van der Waals surface area contributed by atoms with Crippen LogP contribution in [0.4, 0.5) is 10.8 Å². The van der Waals surface area contributed by atoms with Crippen LogP contribution in [0, 0.1) is 19.8 Å². The molecule has 1 aromatic heterocycles. The molecule has 4 nitrogen and oxygen atoms in total. The van der Waals surface area contributed by atoms with Crippen molar-refractivity contribution >= 4 is 38.3 Å². The van der Waals surface area contributed by atoms with E-state index in [0.717, 1.165) is 47.8 Å². The minimum absolute atomic E-state index is 0.00327. The van der Waals surface area contributed by atoms with Crippen molar-refractivity contribution in [2.75, 3.05) is 23.3 Å². The van der Waals surface area contributed by atoms with Gasteiger partial charge in [-0.25, -0.2) is 4.98 Å². The monoisotopic (exact) mass is 365 g/mol. The molecular formula is C21H23N3OS. The van der Waals surface area contributed by atoms with Gasteiger partial charge in [-0.15, -0.1) is 0 Å². The molecule has 0 bridgehead atoms. The number of thiazole rings is 1. The number of nitrogens with one attached hydrogen (secondary N) is 1. The first kappa shape index (κ1) is 17.0. The zero-order chi connectivity index (χ0) is 18.1. The topological polar surface area (TPSA) is 45.2 Å². The van der Waals surface area contributed by atoms with Gasteiger partial charge in [-0.1, -0.05) is 41.2 Å². The number of para-hydroxylation sites is 1. The van der Waals surface area contributed by atoms with E-state index in [1.165, 1.54) is 10.3 Å². The number of hydrogen-bond acceptors (Lipinski definition) is 4. The zero-order valence-corrected chi connectivity index (χ0v) is 16.0. The lowest BCUT2D eigenvalue weighted by atomic mass is 9.97. The van der Waals surface area contributed by atoms with E-state index in [1.54, 1.807) is 11.3 Å². The molecule has 0 radical (unpaired) electrons. The summed E-state index contributed by atoms with van der Waals surface area (Å²) in [5.74, 6) is 0.110. The maximum absolute atomic E-state index is 12.8. The van der Waals surface area contributed by atoms with Crippen molar-refractivity contribution in [3.05, 3.63) is 53.6 Å². The Balaban J connectivity index is 1.48. The molecule has 26 heavy (non-hydrogen) atoms. The molecule has 134 valence electrons. The highest BCUT2D eigenvalue weighted by Gasteiger charge is 2.27. The van der Waals surface area contributed by atoms with Crippen molar-refractivity contribution in [3.63, 3.8) is 0 Å². The van der Waals surface area contributed by atoms with Crippen molar-refractivity contribution in [2.45, 2.75) is 26.7 Å². The van der Waals surface area contributed by atoms with E-state index in [1.807, 2.05) is 37.3 Å². The number of piperidine rings is 1. The summed E-state index contributed by atoms with van der Waals surface area (Å²) < 4.78 is 1.20. The van der Waals surface area contributed by atoms with E-state index in [2.05, 4.69) is 29.3 Å². The van der Waals surface area contributed by atoms with Gasteiger partial charge < -0.3 is 10.2 Å².